The number of ether oxygens (including phenoxy) is 2. The van der Waals surface area contributed by atoms with Crippen LogP contribution in [0.2, 0.25) is 0 Å². The van der Waals surface area contributed by atoms with E-state index in [-0.39, 0.29) is 0 Å². The van der Waals surface area contributed by atoms with Gasteiger partial charge >= 0.3 is 0 Å². The van der Waals surface area contributed by atoms with Crippen LogP contribution in [0.15, 0.2) is 28.6 Å². The number of nitrogens with one attached hydrogen (secondary N) is 1. The van der Waals surface area contributed by atoms with Crippen LogP contribution in [0.4, 0.5) is 5.13 Å². The normalized spacial score (nSPS) is 17.6. The third-order valence-corrected chi connectivity index (χ3v) is 5.49. The molecule has 0 saturated carbocycles. The fraction of sp³-hybridized carbons (Fsp3) is 0.467. The van der Waals surface area contributed by atoms with E-state index >= 15 is 0 Å². The summed E-state index contributed by atoms with van der Waals surface area (Å²) in [6.07, 6.45) is 2.60. The van der Waals surface area contributed by atoms with Gasteiger partial charge in [-0.2, -0.15) is 0 Å². The molecule has 118 valence electrons. The maximum Gasteiger partial charge on any atom is 0.206 e. The Hall–Kier alpha value is -1.31. The Morgan fingerprint density at radius 3 is 3.23 bits per heavy atom. The third-order valence-electron chi connectivity index (χ3n) is 3.41. The third kappa shape index (κ3) is 4.34. The summed E-state index contributed by atoms with van der Waals surface area (Å²) >= 11 is 3.28. The highest BCUT2D eigenvalue weighted by Gasteiger charge is 2.15. The van der Waals surface area contributed by atoms with E-state index in [0.717, 1.165) is 47.0 Å². The predicted molar refractivity (Wildman–Crippen MR) is 89.9 cm³/mol. The minimum absolute atomic E-state index is 0.316. The number of methoxy groups -OCH3 is 1. The van der Waals surface area contributed by atoms with Crippen LogP contribution >= 0.6 is 23.1 Å². The molecule has 1 aliphatic rings. The van der Waals surface area contributed by atoms with Crippen molar-refractivity contribution in [3.05, 3.63) is 29.8 Å². The van der Waals surface area contributed by atoms with Gasteiger partial charge in [-0.3, -0.25) is 0 Å². The van der Waals surface area contributed by atoms with Crippen LogP contribution in [-0.4, -0.2) is 36.6 Å². The molecule has 1 atom stereocenters. The van der Waals surface area contributed by atoms with E-state index < -0.39 is 0 Å². The van der Waals surface area contributed by atoms with Crippen molar-refractivity contribution >= 4 is 28.2 Å². The van der Waals surface area contributed by atoms with Crippen molar-refractivity contribution in [3.8, 4) is 5.75 Å². The molecule has 0 spiro atoms. The maximum absolute atomic E-state index is 5.59. The molecule has 0 bridgehead atoms. The Morgan fingerprint density at radius 1 is 1.45 bits per heavy atom. The van der Waals surface area contributed by atoms with Crippen LogP contribution in [0.5, 0.6) is 5.75 Å². The molecule has 3 rings (SSSR count). The van der Waals surface area contributed by atoms with Crippen molar-refractivity contribution < 1.29 is 9.47 Å². The summed E-state index contributed by atoms with van der Waals surface area (Å²) in [5.41, 5.74) is 1.22. The largest absolute Gasteiger partial charge is 0.497 e. The topological polar surface area (TPSA) is 56.3 Å². The quantitative estimate of drug-likeness (QED) is 0.781. The van der Waals surface area contributed by atoms with Crippen LogP contribution in [0.1, 0.15) is 18.4 Å². The first-order valence-electron chi connectivity index (χ1n) is 7.28. The van der Waals surface area contributed by atoms with Crippen molar-refractivity contribution in [2.75, 3.05) is 25.6 Å². The molecular weight excluding hydrogens is 318 g/mol. The zero-order chi connectivity index (χ0) is 15.2. The van der Waals surface area contributed by atoms with E-state index in [4.69, 9.17) is 9.47 Å². The van der Waals surface area contributed by atoms with Gasteiger partial charge in [-0.15, -0.1) is 10.2 Å². The first-order chi connectivity index (χ1) is 10.8. The fourth-order valence-electron chi connectivity index (χ4n) is 2.25. The molecular formula is C15H19N3O2S2. The van der Waals surface area contributed by atoms with Gasteiger partial charge in [0.2, 0.25) is 5.13 Å². The lowest BCUT2D eigenvalue weighted by atomic mass is 10.2. The molecule has 1 aliphatic heterocycles. The smallest absolute Gasteiger partial charge is 0.206 e. The van der Waals surface area contributed by atoms with Gasteiger partial charge in [-0.05, 0) is 30.5 Å². The molecule has 0 aliphatic carbocycles. The van der Waals surface area contributed by atoms with Crippen LogP contribution in [-0.2, 0) is 10.5 Å². The molecule has 2 heterocycles. The lowest BCUT2D eigenvalue weighted by Crippen LogP contribution is -2.18. The van der Waals surface area contributed by atoms with Crippen molar-refractivity contribution in [1.82, 2.24) is 10.2 Å². The van der Waals surface area contributed by atoms with Crippen molar-refractivity contribution in [3.63, 3.8) is 0 Å². The number of rotatable bonds is 7. The highest BCUT2D eigenvalue weighted by atomic mass is 32.2. The summed E-state index contributed by atoms with van der Waals surface area (Å²) in [4.78, 5) is 0. The Bertz CT molecular complexity index is 600. The van der Waals surface area contributed by atoms with E-state index in [0.29, 0.717) is 6.10 Å². The SMILES string of the molecule is COc1cccc(CSc2nnc(NCC3CCCO3)s2)c1. The number of hydrogen-bond donors (Lipinski definition) is 1. The second kappa shape index (κ2) is 7.80. The Labute approximate surface area is 138 Å². The van der Waals surface area contributed by atoms with Crippen LogP contribution < -0.4 is 10.1 Å². The Balaban J connectivity index is 1.48. The number of thioether (sulfide) groups is 1. The Morgan fingerprint density at radius 2 is 2.41 bits per heavy atom. The van der Waals surface area contributed by atoms with Gasteiger partial charge in [0.25, 0.3) is 0 Å². The van der Waals surface area contributed by atoms with E-state index in [1.165, 1.54) is 5.56 Å². The summed E-state index contributed by atoms with van der Waals surface area (Å²) < 4.78 is 11.8. The zero-order valence-corrected chi connectivity index (χ0v) is 14.1. The summed E-state index contributed by atoms with van der Waals surface area (Å²) in [5, 5.41) is 12.6. The van der Waals surface area contributed by atoms with E-state index in [1.54, 1.807) is 30.2 Å². The molecule has 1 fully saturated rings. The molecule has 0 amide bonds. The van der Waals surface area contributed by atoms with Crippen molar-refractivity contribution in [1.29, 1.82) is 0 Å². The van der Waals surface area contributed by atoms with Crippen LogP contribution in [0.3, 0.4) is 0 Å². The van der Waals surface area contributed by atoms with Crippen molar-refractivity contribution in [2.45, 2.75) is 29.0 Å². The first-order valence-corrected chi connectivity index (χ1v) is 9.08. The van der Waals surface area contributed by atoms with Gasteiger partial charge in [0.05, 0.1) is 13.2 Å². The highest BCUT2D eigenvalue weighted by Crippen LogP contribution is 2.29. The molecule has 2 aromatic rings. The summed E-state index contributed by atoms with van der Waals surface area (Å²) in [7, 11) is 1.68. The molecule has 22 heavy (non-hydrogen) atoms. The first kappa shape index (κ1) is 15.6. The summed E-state index contributed by atoms with van der Waals surface area (Å²) in [6, 6.07) is 8.09. The molecule has 7 heteroatoms. The monoisotopic (exact) mass is 337 g/mol. The van der Waals surface area contributed by atoms with E-state index in [1.807, 2.05) is 18.2 Å². The number of nitrogens with zero attached hydrogens (tertiary/aromatic N) is 2. The predicted octanol–water partition coefficient (Wildman–Crippen LogP) is 3.43. The zero-order valence-electron chi connectivity index (χ0n) is 12.4. The summed E-state index contributed by atoms with van der Waals surface area (Å²) in [6.45, 7) is 1.69. The minimum Gasteiger partial charge on any atom is -0.497 e. The standard InChI is InChI=1S/C15H19N3O2S2/c1-19-12-5-2-4-11(8-12)10-21-15-18-17-14(22-15)16-9-13-6-3-7-20-13/h2,4-5,8,13H,3,6-7,9-10H2,1H3,(H,16,17). The molecule has 1 aromatic carbocycles. The van der Waals surface area contributed by atoms with Crippen molar-refractivity contribution in [2.24, 2.45) is 0 Å². The van der Waals surface area contributed by atoms with Gasteiger partial charge < -0.3 is 14.8 Å². The lowest BCUT2D eigenvalue weighted by Gasteiger charge is -2.08. The fourth-order valence-corrected chi connectivity index (χ4v) is 3.96. The molecule has 1 saturated heterocycles. The average Bonchev–Trinajstić information content (AvgIpc) is 3.22. The highest BCUT2D eigenvalue weighted by molar-refractivity contribution is 8.00. The van der Waals surface area contributed by atoms with E-state index in [9.17, 15) is 0 Å². The molecule has 1 N–H and O–H groups in total. The van der Waals surface area contributed by atoms with Crippen LogP contribution in [0.25, 0.3) is 0 Å². The lowest BCUT2D eigenvalue weighted by molar-refractivity contribution is 0.120. The average molecular weight is 337 g/mol. The molecule has 1 unspecified atom stereocenters. The molecule has 1 aromatic heterocycles. The van der Waals surface area contributed by atoms with Gasteiger partial charge in [0.1, 0.15) is 5.75 Å². The second-order valence-corrected chi connectivity index (χ2v) is 7.23. The minimum atomic E-state index is 0.316. The number of hydrogen-bond acceptors (Lipinski definition) is 7. The molecule has 5 nitrogen and oxygen atoms in total. The maximum atomic E-state index is 5.59. The summed E-state index contributed by atoms with van der Waals surface area (Å²) in [5.74, 6) is 1.74. The van der Waals surface area contributed by atoms with Crippen LogP contribution in [0, 0.1) is 0 Å². The number of anilines is 1. The number of aromatic nitrogens is 2. The molecule has 0 radical (unpaired) electrons. The second-order valence-electron chi connectivity index (χ2n) is 5.03. The Kier molecular flexibility index (Phi) is 5.53. The number of benzene rings is 1. The van der Waals surface area contributed by atoms with Gasteiger partial charge in [0.15, 0.2) is 4.34 Å². The van der Waals surface area contributed by atoms with E-state index in [2.05, 4.69) is 21.6 Å². The van der Waals surface area contributed by atoms with Gasteiger partial charge in [-0.1, -0.05) is 35.2 Å². The van der Waals surface area contributed by atoms with Gasteiger partial charge in [-0.25, -0.2) is 0 Å². The van der Waals surface area contributed by atoms with Gasteiger partial charge in [0, 0.05) is 18.9 Å².